The van der Waals surface area contributed by atoms with E-state index >= 15 is 0 Å². The smallest absolute Gasteiger partial charge is 0.314 e. The molecule has 0 saturated carbocycles. The number of methoxy groups -OCH3 is 1. The van der Waals surface area contributed by atoms with Crippen molar-refractivity contribution < 1.29 is 14.3 Å². The van der Waals surface area contributed by atoms with Crippen LogP contribution in [-0.4, -0.2) is 56.7 Å². The van der Waals surface area contributed by atoms with Gasteiger partial charge in [0.2, 0.25) is 0 Å². The molecule has 6 nitrogen and oxygen atoms in total. The minimum atomic E-state index is -0.197. The van der Waals surface area contributed by atoms with Crippen LogP contribution in [0, 0.1) is 11.8 Å². The molecular formula is C18H35N3O3. The molecule has 2 atom stereocenters. The third-order valence-electron chi connectivity index (χ3n) is 4.45. The molecule has 0 aromatic carbocycles. The van der Waals surface area contributed by atoms with Crippen LogP contribution in [-0.2, 0) is 9.53 Å². The van der Waals surface area contributed by atoms with E-state index in [4.69, 9.17) is 0 Å². The molecule has 24 heavy (non-hydrogen) atoms. The number of likely N-dealkylation sites (tertiary alicyclic amines) is 1. The van der Waals surface area contributed by atoms with Gasteiger partial charge in [-0.05, 0) is 50.5 Å². The SMILES string of the molecule is COC(=O)CCCCNC(=O)NCCCCN1CC(C)CC(C)C1. The highest BCUT2D eigenvalue weighted by molar-refractivity contribution is 5.73. The van der Waals surface area contributed by atoms with Crippen LogP contribution in [0.25, 0.3) is 0 Å². The van der Waals surface area contributed by atoms with E-state index in [9.17, 15) is 9.59 Å². The van der Waals surface area contributed by atoms with Crippen molar-refractivity contribution >= 4 is 12.0 Å². The van der Waals surface area contributed by atoms with Crippen molar-refractivity contribution in [2.24, 2.45) is 11.8 Å². The van der Waals surface area contributed by atoms with Crippen molar-refractivity contribution in [2.75, 3.05) is 39.8 Å². The topological polar surface area (TPSA) is 70.7 Å². The number of carbonyl (C=O) groups is 2. The van der Waals surface area contributed by atoms with Crippen molar-refractivity contribution in [3.8, 4) is 0 Å². The van der Waals surface area contributed by atoms with Crippen molar-refractivity contribution in [1.82, 2.24) is 15.5 Å². The summed E-state index contributed by atoms with van der Waals surface area (Å²) in [5, 5.41) is 5.70. The summed E-state index contributed by atoms with van der Waals surface area (Å²) < 4.78 is 4.57. The second-order valence-corrected chi connectivity index (χ2v) is 7.13. The lowest BCUT2D eigenvalue weighted by molar-refractivity contribution is -0.140. The van der Waals surface area contributed by atoms with Gasteiger partial charge in [0.15, 0.2) is 0 Å². The Morgan fingerprint density at radius 2 is 1.58 bits per heavy atom. The number of esters is 1. The van der Waals surface area contributed by atoms with E-state index in [-0.39, 0.29) is 12.0 Å². The van der Waals surface area contributed by atoms with Crippen molar-refractivity contribution in [1.29, 1.82) is 0 Å². The molecule has 1 aliphatic rings. The average molecular weight is 341 g/mol. The number of piperidine rings is 1. The Balaban J connectivity index is 1.93. The van der Waals surface area contributed by atoms with Gasteiger partial charge in [-0.25, -0.2) is 4.79 Å². The van der Waals surface area contributed by atoms with E-state index in [1.807, 2.05) is 0 Å². The summed E-state index contributed by atoms with van der Waals surface area (Å²) in [7, 11) is 1.39. The maximum Gasteiger partial charge on any atom is 0.314 e. The standard InChI is InChI=1S/C18H35N3O3/c1-15-12-16(2)14-21(13-15)11-7-6-10-20-18(23)19-9-5-4-8-17(22)24-3/h15-16H,4-14H2,1-3H3,(H2,19,20,23). The molecule has 1 heterocycles. The van der Waals surface area contributed by atoms with Crippen molar-refractivity contribution in [3.63, 3.8) is 0 Å². The summed E-state index contributed by atoms with van der Waals surface area (Å²) >= 11 is 0. The molecule has 0 radical (unpaired) electrons. The van der Waals surface area contributed by atoms with E-state index in [2.05, 4.69) is 34.1 Å². The molecule has 0 bridgehead atoms. The number of unbranched alkanes of at least 4 members (excludes halogenated alkanes) is 2. The van der Waals surface area contributed by atoms with Crippen molar-refractivity contribution in [3.05, 3.63) is 0 Å². The normalized spacial score (nSPS) is 21.3. The van der Waals surface area contributed by atoms with Gasteiger partial charge in [-0.15, -0.1) is 0 Å². The van der Waals surface area contributed by atoms with Gasteiger partial charge in [-0.1, -0.05) is 13.8 Å². The first-order valence-electron chi connectivity index (χ1n) is 9.32. The number of amides is 2. The van der Waals surface area contributed by atoms with Crippen LogP contribution < -0.4 is 10.6 Å². The third kappa shape index (κ3) is 9.75. The van der Waals surface area contributed by atoms with Crippen LogP contribution in [0.3, 0.4) is 0 Å². The molecule has 1 saturated heterocycles. The Kier molecular flexibility index (Phi) is 10.5. The molecule has 1 aliphatic heterocycles. The number of hydrogen-bond acceptors (Lipinski definition) is 4. The molecule has 1 fully saturated rings. The van der Waals surface area contributed by atoms with E-state index in [0.29, 0.717) is 19.5 Å². The van der Waals surface area contributed by atoms with Gasteiger partial charge in [0, 0.05) is 32.6 Å². The molecule has 2 unspecified atom stereocenters. The highest BCUT2D eigenvalue weighted by atomic mass is 16.5. The van der Waals surface area contributed by atoms with Crippen LogP contribution in [0.5, 0.6) is 0 Å². The van der Waals surface area contributed by atoms with Gasteiger partial charge in [-0.2, -0.15) is 0 Å². The number of nitrogens with one attached hydrogen (secondary N) is 2. The van der Waals surface area contributed by atoms with E-state index < -0.39 is 0 Å². The molecule has 0 aromatic rings. The first-order chi connectivity index (χ1) is 11.5. The van der Waals surface area contributed by atoms with Gasteiger partial charge in [0.25, 0.3) is 0 Å². The van der Waals surface area contributed by atoms with E-state index in [1.165, 1.54) is 26.6 Å². The maximum atomic E-state index is 11.6. The first-order valence-corrected chi connectivity index (χ1v) is 9.32. The highest BCUT2D eigenvalue weighted by Gasteiger charge is 2.20. The average Bonchev–Trinajstić information content (AvgIpc) is 2.53. The molecular weight excluding hydrogens is 306 g/mol. The van der Waals surface area contributed by atoms with Gasteiger partial charge in [0.1, 0.15) is 0 Å². The van der Waals surface area contributed by atoms with Crippen LogP contribution in [0.15, 0.2) is 0 Å². The number of ether oxygens (including phenoxy) is 1. The zero-order valence-corrected chi connectivity index (χ0v) is 15.6. The number of hydrogen-bond donors (Lipinski definition) is 2. The minimum absolute atomic E-state index is 0.117. The monoisotopic (exact) mass is 341 g/mol. The first kappa shape index (κ1) is 20.7. The lowest BCUT2D eigenvalue weighted by Crippen LogP contribution is -2.39. The lowest BCUT2D eigenvalue weighted by Gasteiger charge is -2.34. The van der Waals surface area contributed by atoms with Crippen LogP contribution in [0.4, 0.5) is 4.79 Å². The van der Waals surface area contributed by atoms with Gasteiger partial charge in [0.05, 0.1) is 7.11 Å². The summed E-state index contributed by atoms with van der Waals surface area (Å²) in [5.74, 6) is 1.41. The molecule has 1 rings (SSSR count). The van der Waals surface area contributed by atoms with Crippen molar-refractivity contribution in [2.45, 2.75) is 52.4 Å². The summed E-state index contributed by atoms with van der Waals surface area (Å²) in [6.45, 7) is 9.53. The zero-order valence-electron chi connectivity index (χ0n) is 15.6. The molecule has 2 amide bonds. The Morgan fingerprint density at radius 1 is 1.00 bits per heavy atom. The van der Waals surface area contributed by atoms with Crippen LogP contribution in [0.2, 0.25) is 0 Å². The predicted octanol–water partition coefficient (Wildman–Crippen LogP) is 2.39. The van der Waals surface area contributed by atoms with Gasteiger partial charge < -0.3 is 20.3 Å². The van der Waals surface area contributed by atoms with Gasteiger partial charge >= 0.3 is 12.0 Å². The molecule has 2 N–H and O–H groups in total. The molecule has 0 aromatic heterocycles. The maximum absolute atomic E-state index is 11.6. The summed E-state index contributed by atoms with van der Waals surface area (Å²) in [4.78, 5) is 25.1. The summed E-state index contributed by atoms with van der Waals surface area (Å²) in [5.41, 5.74) is 0. The molecule has 0 aliphatic carbocycles. The summed E-state index contributed by atoms with van der Waals surface area (Å²) in [6, 6.07) is -0.117. The number of carbonyl (C=O) groups excluding carboxylic acids is 2. The largest absolute Gasteiger partial charge is 0.469 e. The fourth-order valence-electron chi connectivity index (χ4n) is 3.40. The van der Waals surface area contributed by atoms with E-state index in [1.54, 1.807) is 0 Å². The molecule has 6 heteroatoms. The zero-order chi connectivity index (χ0) is 17.8. The van der Waals surface area contributed by atoms with E-state index in [0.717, 1.165) is 44.1 Å². The molecule has 140 valence electrons. The second kappa shape index (κ2) is 12.1. The van der Waals surface area contributed by atoms with Crippen LogP contribution >= 0.6 is 0 Å². The Bertz CT molecular complexity index is 367. The number of rotatable bonds is 10. The molecule has 0 spiro atoms. The fraction of sp³-hybridized carbons (Fsp3) is 0.889. The highest BCUT2D eigenvalue weighted by Crippen LogP contribution is 2.20. The van der Waals surface area contributed by atoms with Crippen LogP contribution in [0.1, 0.15) is 52.4 Å². The second-order valence-electron chi connectivity index (χ2n) is 7.13. The predicted molar refractivity (Wildman–Crippen MR) is 95.9 cm³/mol. The fourth-order valence-corrected chi connectivity index (χ4v) is 3.40. The lowest BCUT2D eigenvalue weighted by atomic mass is 9.92. The minimum Gasteiger partial charge on any atom is -0.469 e. The Hall–Kier alpha value is -1.30. The Morgan fingerprint density at radius 3 is 2.17 bits per heavy atom. The quantitative estimate of drug-likeness (QED) is 0.473. The Labute approximate surface area is 146 Å². The number of urea groups is 1. The number of nitrogens with zero attached hydrogens (tertiary/aromatic N) is 1. The third-order valence-corrected chi connectivity index (χ3v) is 4.45. The van der Waals surface area contributed by atoms with Gasteiger partial charge in [-0.3, -0.25) is 4.79 Å². The summed E-state index contributed by atoms with van der Waals surface area (Å²) in [6.07, 6.45) is 5.41.